The summed E-state index contributed by atoms with van der Waals surface area (Å²) >= 11 is 0. The van der Waals surface area contributed by atoms with Gasteiger partial charge in [-0.3, -0.25) is 4.79 Å². The number of sulfonamides is 1. The lowest BCUT2D eigenvalue weighted by atomic mass is 9.99. The molecule has 0 saturated heterocycles. The number of amides is 1. The predicted molar refractivity (Wildman–Crippen MR) is 120 cm³/mol. The van der Waals surface area contributed by atoms with Gasteiger partial charge in [0, 0.05) is 14.1 Å². The molecular formula is C24H26N2O4S. The maximum absolute atomic E-state index is 12.7. The smallest absolute Gasteiger partial charge is 0.258 e. The quantitative estimate of drug-likeness (QED) is 0.584. The average Bonchev–Trinajstić information content (AvgIpc) is 2.77. The summed E-state index contributed by atoms with van der Waals surface area (Å²) in [5, 5.41) is 3.02. The molecule has 7 heteroatoms. The molecule has 0 spiro atoms. The topological polar surface area (TPSA) is 75.7 Å². The van der Waals surface area contributed by atoms with Crippen molar-refractivity contribution in [1.29, 1.82) is 0 Å². The summed E-state index contributed by atoms with van der Waals surface area (Å²) in [6, 6.07) is 23.7. The third kappa shape index (κ3) is 5.51. The lowest BCUT2D eigenvalue weighted by molar-refractivity contribution is -0.123. The first-order valence-electron chi connectivity index (χ1n) is 9.84. The van der Waals surface area contributed by atoms with Crippen molar-refractivity contribution >= 4 is 15.9 Å². The van der Waals surface area contributed by atoms with E-state index in [4.69, 9.17) is 4.74 Å². The third-order valence-electron chi connectivity index (χ3n) is 4.85. The molecule has 0 heterocycles. The van der Waals surface area contributed by atoms with Crippen LogP contribution >= 0.6 is 0 Å². The molecule has 3 rings (SSSR count). The molecule has 0 aliphatic carbocycles. The number of aryl methyl sites for hydroxylation is 1. The first kappa shape index (κ1) is 22.5. The van der Waals surface area contributed by atoms with Gasteiger partial charge in [-0.2, -0.15) is 0 Å². The van der Waals surface area contributed by atoms with E-state index in [0.29, 0.717) is 11.3 Å². The van der Waals surface area contributed by atoms with E-state index in [1.807, 2.05) is 60.7 Å². The van der Waals surface area contributed by atoms with Gasteiger partial charge in [0.05, 0.1) is 10.9 Å². The van der Waals surface area contributed by atoms with Gasteiger partial charge in [-0.15, -0.1) is 0 Å². The number of ether oxygens (including phenoxy) is 1. The average molecular weight is 439 g/mol. The lowest BCUT2D eigenvalue weighted by Crippen LogP contribution is -2.33. The molecule has 3 aromatic rings. The molecule has 0 aliphatic rings. The molecule has 0 bridgehead atoms. The van der Waals surface area contributed by atoms with Crippen LogP contribution < -0.4 is 10.1 Å². The molecule has 1 amide bonds. The minimum Gasteiger partial charge on any atom is -0.484 e. The normalized spacial score (nSPS) is 11.5. The molecule has 1 N–H and O–H groups in total. The molecule has 0 radical (unpaired) electrons. The van der Waals surface area contributed by atoms with Crippen LogP contribution in [0, 0.1) is 6.92 Å². The largest absolute Gasteiger partial charge is 0.484 e. The van der Waals surface area contributed by atoms with Crippen molar-refractivity contribution in [2.45, 2.75) is 17.9 Å². The van der Waals surface area contributed by atoms with Crippen LogP contribution in [-0.2, 0) is 14.8 Å². The molecule has 0 fully saturated rings. The van der Waals surface area contributed by atoms with Crippen LogP contribution in [0.2, 0.25) is 0 Å². The van der Waals surface area contributed by atoms with E-state index in [1.165, 1.54) is 20.2 Å². The summed E-state index contributed by atoms with van der Waals surface area (Å²) in [5.41, 5.74) is 2.58. The van der Waals surface area contributed by atoms with Gasteiger partial charge in [0.15, 0.2) is 6.61 Å². The first-order chi connectivity index (χ1) is 14.8. The highest BCUT2D eigenvalue weighted by Gasteiger charge is 2.19. The molecule has 0 aromatic heterocycles. The number of nitrogens with one attached hydrogen (secondary N) is 1. The van der Waals surface area contributed by atoms with Crippen LogP contribution in [-0.4, -0.2) is 39.3 Å². The van der Waals surface area contributed by atoms with Gasteiger partial charge in [-0.05, 0) is 41.8 Å². The number of benzene rings is 3. The highest BCUT2D eigenvalue weighted by molar-refractivity contribution is 7.89. The van der Waals surface area contributed by atoms with Gasteiger partial charge < -0.3 is 10.1 Å². The van der Waals surface area contributed by atoms with Crippen molar-refractivity contribution in [1.82, 2.24) is 9.62 Å². The predicted octanol–water partition coefficient (Wildman–Crippen LogP) is 3.53. The zero-order valence-electron chi connectivity index (χ0n) is 17.8. The van der Waals surface area contributed by atoms with Crippen LogP contribution in [0.5, 0.6) is 5.75 Å². The molecule has 6 nitrogen and oxygen atoms in total. The molecule has 0 saturated carbocycles. The minimum absolute atomic E-state index is 0.181. The molecule has 31 heavy (non-hydrogen) atoms. The Balaban J connectivity index is 1.71. The van der Waals surface area contributed by atoms with E-state index in [0.717, 1.165) is 15.4 Å². The SMILES string of the molecule is Cc1cc(S(=O)(=O)N(C)C)ccc1OCC(=O)NC(c1ccccc1)c1ccccc1. The van der Waals surface area contributed by atoms with Crippen molar-refractivity contribution in [2.75, 3.05) is 20.7 Å². The molecule has 0 aliphatic heterocycles. The molecule has 0 atom stereocenters. The van der Waals surface area contributed by atoms with Crippen molar-refractivity contribution in [2.24, 2.45) is 0 Å². The second-order valence-corrected chi connectivity index (χ2v) is 9.48. The standard InChI is InChI=1S/C24H26N2O4S/c1-18-16-21(31(28,29)26(2)3)14-15-22(18)30-17-23(27)25-24(19-10-6-4-7-11-19)20-12-8-5-9-13-20/h4-16,24H,17H2,1-3H3,(H,25,27). The number of rotatable bonds is 8. The molecule has 0 unspecified atom stereocenters. The highest BCUT2D eigenvalue weighted by Crippen LogP contribution is 2.24. The molecular weight excluding hydrogens is 412 g/mol. The Morgan fingerprint density at radius 3 is 1.97 bits per heavy atom. The van der Waals surface area contributed by atoms with Crippen LogP contribution in [0.3, 0.4) is 0 Å². The monoisotopic (exact) mass is 438 g/mol. The number of hydrogen-bond donors (Lipinski definition) is 1. The Morgan fingerprint density at radius 1 is 0.935 bits per heavy atom. The van der Waals surface area contributed by atoms with Crippen molar-refractivity contribution in [3.63, 3.8) is 0 Å². The summed E-state index contributed by atoms with van der Waals surface area (Å²) in [4.78, 5) is 12.8. The van der Waals surface area contributed by atoms with Crippen LogP contribution in [0.4, 0.5) is 0 Å². The summed E-state index contributed by atoms with van der Waals surface area (Å²) in [6.45, 7) is 1.56. The Bertz CT molecular complexity index is 1090. The van der Waals surface area contributed by atoms with Crippen molar-refractivity contribution in [3.05, 3.63) is 95.6 Å². The second kappa shape index (κ2) is 9.76. The summed E-state index contributed by atoms with van der Waals surface area (Å²) < 4.78 is 31.4. The van der Waals surface area contributed by atoms with Crippen LogP contribution in [0.1, 0.15) is 22.7 Å². The Morgan fingerprint density at radius 2 is 1.48 bits per heavy atom. The fourth-order valence-corrected chi connectivity index (χ4v) is 4.14. The van der Waals surface area contributed by atoms with E-state index >= 15 is 0 Å². The number of carbonyl (C=O) groups is 1. The van der Waals surface area contributed by atoms with Gasteiger partial charge in [0.25, 0.3) is 5.91 Å². The van der Waals surface area contributed by atoms with Gasteiger partial charge in [0.2, 0.25) is 10.0 Å². The number of carbonyl (C=O) groups excluding carboxylic acids is 1. The van der Waals surface area contributed by atoms with Crippen molar-refractivity contribution < 1.29 is 17.9 Å². The van der Waals surface area contributed by atoms with Gasteiger partial charge in [0.1, 0.15) is 5.75 Å². The van der Waals surface area contributed by atoms with E-state index in [-0.39, 0.29) is 23.5 Å². The van der Waals surface area contributed by atoms with Crippen molar-refractivity contribution in [3.8, 4) is 5.75 Å². The fraction of sp³-hybridized carbons (Fsp3) is 0.208. The van der Waals surface area contributed by atoms with Crippen LogP contribution in [0.15, 0.2) is 83.8 Å². The fourth-order valence-electron chi connectivity index (χ4n) is 3.15. The Labute approximate surface area is 183 Å². The summed E-state index contributed by atoms with van der Waals surface area (Å²) in [6.07, 6.45) is 0. The third-order valence-corrected chi connectivity index (χ3v) is 6.67. The molecule has 3 aromatic carbocycles. The number of hydrogen-bond acceptors (Lipinski definition) is 4. The maximum atomic E-state index is 12.7. The van der Waals surface area contributed by atoms with Gasteiger partial charge in [-0.1, -0.05) is 60.7 Å². The molecule has 162 valence electrons. The van der Waals surface area contributed by atoms with E-state index in [2.05, 4.69) is 5.32 Å². The van der Waals surface area contributed by atoms with Gasteiger partial charge >= 0.3 is 0 Å². The van der Waals surface area contributed by atoms with Crippen LogP contribution in [0.25, 0.3) is 0 Å². The summed E-state index contributed by atoms with van der Waals surface area (Å²) in [7, 11) is -0.563. The highest BCUT2D eigenvalue weighted by atomic mass is 32.2. The maximum Gasteiger partial charge on any atom is 0.258 e. The zero-order chi connectivity index (χ0) is 22.4. The minimum atomic E-state index is -3.53. The van der Waals surface area contributed by atoms with E-state index in [1.54, 1.807) is 19.1 Å². The van der Waals surface area contributed by atoms with E-state index < -0.39 is 10.0 Å². The second-order valence-electron chi connectivity index (χ2n) is 7.33. The Kier molecular flexibility index (Phi) is 7.09. The van der Waals surface area contributed by atoms with E-state index in [9.17, 15) is 13.2 Å². The first-order valence-corrected chi connectivity index (χ1v) is 11.3. The van der Waals surface area contributed by atoms with Gasteiger partial charge in [-0.25, -0.2) is 12.7 Å². The zero-order valence-corrected chi connectivity index (χ0v) is 18.6. The summed E-state index contributed by atoms with van der Waals surface area (Å²) in [5.74, 6) is 0.186. The lowest BCUT2D eigenvalue weighted by Gasteiger charge is -2.20. The Hall–Kier alpha value is -3.16. The number of nitrogens with zero attached hydrogens (tertiary/aromatic N) is 1.